The van der Waals surface area contributed by atoms with Crippen molar-refractivity contribution >= 4 is 28.1 Å². The highest BCUT2D eigenvalue weighted by atomic mass is 32.1. The Morgan fingerprint density at radius 1 is 1.33 bits per heavy atom. The lowest BCUT2D eigenvalue weighted by Crippen LogP contribution is -2.02. The number of thiazole rings is 1. The van der Waals surface area contributed by atoms with Gasteiger partial charge in [0.15, 0.2) is 0 Å². The van der Waals surface area contributed by atoms with Crippen molar-refractivity contribution in [1.29, 1.82) is 0 Å². The maximum Gasteiger partial charge on any atom is 0.303 e. The van der Waals surface area contributed by atoms with E-state index in [4.69, 9.17) is 5.11 Å². The summed E-state index contributed by atoms with van der Waals surface area (Å²) in [5, 5.41) is 15.4. The lowest BCUT2D eigenvalue weighted by molar-refractivity contribution is -0.136. The van der Waals surface area contributed by atoms with Gasteiger partial charge in [-0.2, -0.15) is 5.10 Å². The second-order valence-electron chi connectivity index (χ2n) is 4.76. The van der Waals surface area contributed by atoms with Gasteiger partial charge < -0.3 is 5.11 Å². The fourth-order valence-corrected chi connectivity index (χ4v) is 2.33. The van der Waals surface area contributed by atoms with Crippen LogP contribution in [0.15, 0.2) is 34.7 Å². The Hall–Kier alpha value is -2.21. The van der Waals surface area contributed by atoms with Gasteiger partial charge in [-0.05, 0) is 20.3 Å². The molecule has 1 aromatic heterocycles. The third-order valence-electron chi connectivity index (χ3n) is 2.89. The van der Waals surface area contributed by atoms with Crippen LogP contribution in [0.25, 0.3) is 11.3 Å². The lowest BCUT2D eigenvalue weighted by Gasteiger charge is -1.99. The van der Waals surface area contributed by atoms with Crippen LogP contribution in [0.3, 0.4) is 0 Å². The van der Waals surface area contributed by atoms with Gasteiger partial charge >= 0.3 is 5.97 Å². The summed E-state index contributed by atoms with van der Waals surface area (Å²) in [6.45, 7) is 3.84. The van der Waals surface area contributed by atoms with Gasteiger partial charge in [-0.3, -0.25) is 10.2 Å². The van der Waals surface area contributed by atoms with E-state index in [0.717, 1.165) is 17.0 Å². The van der Waals surface area contributed by atoms with E-state index in [2.05, 4.69) is 27.6 Å². The van der Waals surface area contributed by atoms with Crippen molar-refractivity contribution in [2.75, 3.05) is 5.43 Å². The SMILES string of the molecule is C/C(CCC(=O)O)=N\Nc1nc(-c2ccc(C)cc2)cs1. The van der Waals surface area contributed by atoms with E-state index in [9.17, 15) is 4.79 Å². The number of nitrogens with one attached hydrogen (secondary N) is 1. The summed E-state index contributed by atoms with van der Waals surface area (Å²) < 4.78 is 0. The first-order valence-electron chi connectivity index (χ1n) is 6.58. The van der Waals surface area contributed by atoms with Gasteiger partial charge in [0.2, 0.25) is 5.13 Å². The standard InChI is InChI=1S/C15H17N3O2S/c1-10-3-6-12(7-4-10)13-9-21-15(16-13)18-17-11(2)5-8-14(19)20/h3-4,6-7,9H,5,8H2,1-2H3,(H,16,18)(H,19,20)/b17-11+. The van der Waals surface area contributed by atoms with Crippen molar-refractivity contribution < 1.29 is 9.90 Å². The van der Waals surface area contributed by atoms with Crippen molar-refractivity contribution in [1.82, 2.24) is 4.98 Å². The fourth-order valence-electron chi connectivity index (χ4n) is 1.67. The zero-order valence-electron chi connectivity index (χ0n) is 12.0. The number of hydrogen-bond donors (Lipinski definition) is 2. The van der Waals surface area contributed by atoms with Gasteiger partial charge in [0, 0.05) is 16.7 Å². The molecule has 0 saturated carbocycles. The van der Waals surface area contributed by atoms with Crippen LogP contribution in [0.5, 0.6) is 0 Å². The van der Waals surface area contributed by atoms with Crippen LogP contribution in [0, 0.1) is 6.92 Å². The zero-order chi connectivity index (χ0) is 15.2. The van der Waals surface area contributed by atoms with Crippen molar-refractivity contribution in [3.05, 3.63) is 35.2 Å². The number of aromatic nitrogens is 1. The highest BCUT2D eigenvalue weighted by molar-refractivity contribution is 7.14. The van der Waals surface area contributed by atoms with Gasteiger partial charge in [0.25, 0.3) is 0 Å². The number of hydrazone groups is 1. The summed E-state index contributed by atoms with van der Waals surface area (Å²) in [5.41, 5.74) is 6.80. The quantitative estimate of drug-likeness (QED) is 0.629. The minimum atomic E-state index is -0.819. The maximum absolute atomic E-state index is 10.5. The predicted molar refractivity (Wildman–Crippen MR) is 85.9 cm³/mol. The Kier molecular flexibility index (Phi) is 5.05. The molecule has 0 aliphatic carbocycles. The number of aryl methyl sites for hydroxylation is 1. The normalized spacial score (nSPS) is 11.4. The Morgan fingerprint density at radius 2 is 2.05 bits per heavy atom. The summed E-state index contributed by atoms with van der Waals surface area (Å²) in [7, 11) is 0. The summed E-state index contributed by atoms with van der Waals surface area (Å²) in [6.07, 6.45) is 0.516. The highest BCUT2D eigenvalue weighted by Gasteiger charge is 2.04. The first kappa shape index (κ1) is 15.2. The largest absolute Gasteiger partial charge is 0.481 e. The lowest BCUT2D eigenvalue weighted by atomic mass is 10.1. The summed E-state index contributed by atoms with van der Waals surface area (Å²) >= 11 is 1.47. The number of anilines is 1. The molecule has 1 aromatic carbocycles. The summed E-state index contributed by atoms with van der Waals surface area (Å²) in [6, 6.07) is 8.18. The Bertz CT molecular complexity index is 647. The fraction of sp³-hybridized carbons (Fsp3) is 0.267. The molecule has 0 fully saturated rings. The maximum atomic E-state index is 10.5. The second kappa shape index (κ2) is 6.99. The third-order valence-corrected chi connectivity index (χ3v) is 3.64. The topological polar surface area (TPSA) is 74.6 Å². The first-order chi connectivity index (χ1) is 10.0. The molecule has 0 aliphatic rings. The molecule has 21 heavy (non-hydrogen) atoms. The molecule has 0 radical (unpaired) electrons. The molecule has 0 spiro atoms. The summed E-state index contributed by atoms with van der Waals surface area (Å²) in [4.78, 5) is 14.9. The smallest absolute Gasteiger partial charge is 0.303 e. The molecule has 6 heteroatoms. The van der Waals surface area contributed by atoms with E-state index in [1.165, 1.54) is 16.9 Å². The zero-order valence-corrected chi connectivity index (χ0v) is 12.8. The van der Waals surface area contributed by atoms with Crippen LogP contribution in [-0.2, 0) is 4.79 Å². The molecule has 5 nitrogen and oxygen atoms in total. The van der Waals surface area contributed by atoms with Crippen molar-refractivity contribution in [2.24, 2.45) is 5.10 Å². The van der Waals surface area contributed by atoms with Gasteiger partial charge in [-0.1, -0.05) is 29.8 Å². The van der Waals surface area contributed by atoms with E-state index < -0.39 is 5.97 Å². The summed E-state index contributed by atoms with van der Waals surface area (Å²) in [5.74, 6) is -0.819. The van der Waals surface area contributed by atoms with Crippen LogP contribution in [0.4, 0.5) is 5.13 Å². The van der Waals surface area contributed by atoms with Crippen LogP contribution in [0.1, 0.15) is 25.3 Å². The molecule has 0 aliphatic heterocycles. The third kappa shape index (κ3) is 4.68. The minimum Gasteiger partial charge on any atom is -0.481 e. The average molecular weight is 303 g/mol. The molecular weight excluding hydrogens is 286 g/mol. The number of nitrogens with zero attached hydrogens (tertiary/aromatic N) is 2. The molecule has 2 rings (SSSR count). The van der Waals surface area contributed by atoms with Crippen LogP contribution in [0.2, 0.25) is 0 Å². The monoisotopic (exact) mass is 303 g/mol. The van der Waals surface area contributed by atoms with Crippen LogP contribution >= 0.6 is 11.3 Å². The number of benzene rings is 1. The first-order valence-corrected chi connectivity index (χ1v) is 7.46. The number of carboxylic acids is 1. The molecule has 0 bridgehead atoms. The van der Waals surface area contributed by atoms with Gasteiger partial charge in [-0.25, -0.2) is 4.98 Å². The van der Waals surface area contributed by atoms with Crippen LogP contribution < -0.4 is 5.43 Å². The minimum absolute atomic E-state index is 0.0868. The number of rotatable bonds is 6. The molecular formula is C15H17N3O2S. The number of hydrogen-bond acceptors (Lipinski definition) is 5. The molecule has 1 heterocycles. The van der Waals surface area contributed by atoms with E-state index in [0.29, 0.717) is 11.6 Å². The Morgan fingerprint density at radius 3 is 2.71 bits per heavy atom. The van der Waals surface area contributed by atoms with E-state index in [1.807, 2.05) is 24.4 Å². The van der Waals surface area contributed by atoms with E-state index >= 15 is 0 Å². The van der Waals surface area contributed by atoms with E-state index in [1.54, 1.807) is 6.92 Å². The molecule has 2 N–H and O–H groups in total. The predicted octanol–water partition coefficient (Wildman–Crippen LogP) is 3.77. The Labute approximate surface area is 127 Å². The van der Waals surface area contributed by atoms with Crippen molar-refractivity contribution in [2.45, 2.75) is 26.7 Å². The molecule has 110 valence electrons. The average Bonchev–Trinajstić information content (AvgIpc) is 2.92. The van der Waals surface area contributed by atoms with E-state index in [-0.39, 0.29) is 6.42 Å². The highest BCUT2D eigenvalue weighted by Crippen LogP contribution is 2.25. The Balaban J connectivity index is 1.98. The van der Waals surface area contributed by atoms with Crippen molar-refractivity contribution in [3.8, 4) is 11.3 Å². The van der Waals surface area contributed by atoms with Gasteiger partial charge in [0.05, 0.1) is 12.1 Å². The van der Waals surface area contributed by atoms with Crippen molar-refractivity contribution in [3.63, 3.8) is 0 Å². The number of aliphatic carboxylic acids is 1. The molecule has 2 aromatic rings. The van der Waals surface area contributed by atoms with Gasteiger partial charge in [0.1, 0.15) is 0 Å². The molecule has 0 saturated heterocycles. The molecule has 0 unspecified atom stereocenters. The van der Waals surface area contributed by atoms with Crippen LogP contribution in [-0.4, -0.2) is 21.8 Å². The second-order valence-corrected chi connectivity index (χ2v) is 5.61. The molecule has 0 amide bonds. The van der Waals surface area contributed by atoms with Gasteiger partial charge in [-0.15, -0.1) is 11.3 Å². The number of carboxylic acid groups (broad SMARTS) is 1. The number of carbonyl (C=O) groups is 1. The molecule has 0 atom stereocenters.